The van der Waals surface area contributed by atoms with E-state index in [0.29, 0.717) is 32.1 Å². The Morgan fingerprint density at radius 1 is 0.533 bits per heavy atom. The fraction of sp³-hybridized carbons (Fsp3) is 0.614. The van der Waals surface area contributed by atoms with E-state index in [0.717, 1.165) is 57.8 Å². The van der Waals surface area contributed by atoms with E-state index in [1.54, 1.807) is 12.2 Å². The minimum absolute atomic E-state index is 0.0164. The fourth-order valence-electron chi connectivity index (χ4n) is 4.95. The molecule has 3 atom stereocenters. The molecule has 0 saturated carbocycles. The van der Waals surface area contributed by atoms with Crippen LogP contribution in [-0.4, -0.2) is 76.1 Å². The first-order valence-corrected chi connectivity index (χ1v) is 24.3. The molecule has 0 radical (unpaired) electrons. The lowest BCUT2D eigenvalue weighted by Crippen LogP contribution is -2.29. The lowest BCUT2D eigenvalue weighted by molar-refractivity contribution is -0.161. The maximum Gasteiger partial charge on any atom is 0.472 e. The van der Waals surface area contributed by atoms with Crippen LogP contribution in [0.25, 0.3) is 0 Å². The molecule has 1 unspecified atom stereocenters. The van der Waals surface area contributed by atoms with Gasteiger partial charge in [-0.1, -0.05) is 119 Å². The summed E-state index contributed by atoms with van der Waals surface area (Å²) in [6.07, 6.45) is 40.0. The largest absolute Gasteiger partial charge is 0.472 e. The van der Waals surface area contributed by atoms with Gasteiger partial charge in [0, 0.05) is 19.3 Å². The molecule has 0 aromatic carbocycles. The molecule has 0 spiro atoms. The molecule has 60 heavy (non-hydrogen) atoms. The number of aliphatic hydroxyl groups is 1. The summed E-state index contributed by atoms with van der Waals surface area (Å²) in [7, 11) is -9.73. The van der Waals surface area contributed by atoms with Crippen LogP contribution in [0.4, 0.5) is 0 Å². The maximum absolute atomic E-state index is 12.6. The van der Waals surface area contributed by atoms with E-state index in [9.17, 15) is 33.5 Å². The highest BCUT2D eigenvalue weighted by Gasteiger charge is 2.28. The Kier molecular flexibility index (Phi) is 36.9. The summed E-state index contributed by atoms with van der Waals surface area (Å²) in [6, 6.07) is 0. The van der Waals surface area contributed by atoms with Gasteiger partial charge in [0.15, 0.2) is 11.9 Å². The summed E-state index contributed by atoms with van der Waals surface area (Å²) in [5.41, 5.74) is 0. The van der Waals surface area contributed by atoms with Crippen LogP contribution in [0.2, 0.25) is 0 Å². The number of phosphoric ester groups is 2. The Bertz CT molecular complexity index is 1440. The molecule has 0 aromatic rings. The number of rotatable bonds is 39. The van der Waals surface area contributed by atoms with Gasteiger partial charge in [-0.2, -0.15) is 0 Å². The molecule has 4 N–H and O–H groups in total. The predicted molar refractivity (Wildman–Crippen MR) is 235 cm³/mol. The SMILES string of the molecule is CCCCC/C=C\C/C=C\C/C=C\CCCCC(=O)OC[C@H](COP(=O)(O)OC[C@@H](O)COP(=O)(O)O)OC(=O)CCC/C=C\C/C=C\C/C=C\C=C\C(=O)CCCCC. The number of esters is 2. The number of allylic oxidation sites excluding steroid dienone is 14. The maximum atomic E-state index is 12.6. The lowest BCUT2D eigenvalue weighted by Gasteiger charge is -2.20. The number of ether oxygens (including phenoxy) is 2. The molecule has 0 bridgehead atoms. The number of ketones is 1. The molecule has 14 nitrogen and oxygen atoms in total. The smallest absolute Gasteiger partial charge is 0.462 e. The zero-order valence-electron chi connectivity index (χ0n) is 35.8. The second kappa shape index (κ2) is 38.9. The van der Waals surface area contributed by atoms with Gasteiger partial charge in [0.1, 0.15) is 12.7 Å². The van der Waals surface area contributed by atoms with Crippen LogP contribution in [0, 0.1) is 0 Å². The molecule has 0 aliphatic carbocycles. The number of carbonyl (C=O) groups excluding carboxylic acids is 3. The number of aliphatic hydroxyl groups excluding tert-OH is 1. The van der Waals surface area contributed by atoms with E-state index >= 15 is 0 Å². The van der Waals surface area contributed by atoms with Gasteiger partial charge < -0.3 is 29.3 Å². The Morgan fingerprint density at radius 3 is 1.62 bits per heavy atom. The molecule has 16 heteroatoms. The quantitative estimate of drug-likeness (QED) is 0.0113. The molecular weight excluding hydrogens is 814 g/mol. The first-order valence-electron chi connectivity index (χ1n) is 21.2. The van der Waals surface area contributed by atoms with Crippen molar-refractivity contribution in [1.82, 2.24) is 0 Å². The molecule has 0 saturated heterocycles. The van der Waals surface area contributed by atoms with Crippen LogP contribution in [0.1, 0.15) is 136 Å². The first kappa shape index (κ1) is 57.0. The summed E-state index contributed by atoms with van der Waals surface area (Å²) < 4.78 is 47.6. The van der Waals surface area contributed by atoms with Crippen molar-refractivity contribution in [3.63, 3.8) is 0 Å². The van der Waals surface area contributed by atoms with Crippen LogP contribution in [-0.2, 0) is 46.6 Å². The van der Waals surface area contributed by atoms with Crippen molar-refractivity contribution in [2.75, 3.05) is 26.4 Å². The van der Waals surface area contributed by atoms with E-state index in [1.165, 1.54) is 19.3 Å². The van der Waals surface area contributed by atoms with E-state index in [-0.39, 0.29) is 18.6 Å². The fourth-order valence-corrected chi connectivity index (χ4v) is 6.10. The van der Waals surface area contributed by atoms with Crippen molar-refractivity contribution in [1.29, 1.82) is 0 Å². The highest BCUT2D eigenvalue weighted by atomic mass is 31.2. The molecule has 0 amide bonds. The zero-order chi connectivity index (χ0) is 44.6. The number of unbranched alkanes of at least 4 members (excludes halogenated alkanes) is 8. The van der Waals surface area contributed by atoms with Gasteiger partial charge in [-0.25, -0.2) is 9.13 Å². The molecular formula is C44H72O14P2. The van der Waals surface area contributed by atoms with Crippen molar-refractivity contribution < 1.29 is 66.3 Å². The number of phosphoric acid groups is 2. The topological polar surface area (TPSA) is 212 Å². The van der Waals surface area contributed by atoms with Gasteiger partial charge in [-0.3, -0.25) is 28.0 Å². The minimum Gasteiger partial charge on any atom is -0.462 e. The normalized spacial score (nSPS) is 14.8. The first-order chi connectivity index (χ1) is 28.8. The highest BCUT2D eigenvalue weighted by Crippen LogP contribution is 2.43. The molecule has 0 rings (SSSR count). The molecule has 0 aliphatic heterocycles. The van der Waals surface area contributed by atoms with Crippen LogP contribution in [0.3, 0.4) is 0 Å². The summed E-state index contributed by atoms with van der Waals surface area (Å²) in [5.74, 6) is -1.05. The van der Waals surface area contributed by atoms with Gasteiger partial charge in [-0.15, -0.1) is 0 Å². The monoisotopic (exact) mass is 886 g/mol. The third kappa shape index (κ3) is 41.7. The number of carbonyl (C=O) groups is 3. The van der Waals surface area contributed by atoms with Crippen LogP contribution >= 0.6 is 15.6 Å². The van der Waals surface area contributed by atoms with Gasteiger partial charge in [0.05, 0.1) is 19.8 Å². The lowest BCUT2D eigenvalue weighted by atomic mass is 10.1. The minimum atomic E-state index is -4.88. The summed E-state index contributed by atoms with van der Waals surface area (Å²) in [4.78, 5) is 64.3. The second-order valence-corrected chi connectivity index (χ2v) is 16.6. The Morgan fingerprint density at radius 2 is 1.02 bits per heavy atom. The number of hydrogen-bond acceptors (Lipinski definition) is 11. The molecule has 0 fully saturated rings. The van der Waals surface area contributed by atoms with Crippen LogP contribution in [0.5, 0.6) is 0 Å². The molecule has 0 aromatic heterocycles. The highest BCUT2D eigenvalue weighted by molar-refractivity contribution is 7.47. The van der Waals surface area contributed by atoms with Gasteiger partial charge in [0.25, 0.3) is 0 Å². The van der Waals surface area contributed by atoms with E-state index < -0.39 is 66.2 Å². The predicted octanol–water partition coefficient (Wildman–Crippen LogP) is 9.96. The van der Waals surface area contributed by atoms with Crippen molar-refractivity contribution in [2.24, 2.45) is 0 Å². The summed E-state index contributed by atoms with van der Waals surface area (Å²) in [6.45, 7) is 1.42. The third-order valence-corrected chi connectivity index (χ3v) is 9.66. The van der Waals surface area contributed by atoms with Crippen LogP contribution < -0.4 is 0 Å². The molecule has 342 valence electrons. The van der Waals surface area contributed by atoms with Gasteiger partial charge >= 0.3 is 27.6 Å². The van der Waals surface area contributed by atoms with E-state index in [2.05, 4.69) is 59.4 Å². The summed E-state index contributed by atoms with van der Waals surface area (Å²) in [5, 5.41) is 9.73. The van der Waals surface area contributed by atoms with Crippen molar-refractivity contribution in [3.8, 4) is 0 Å². The average molecular weight is 887 g/mol. The Hall–Kier alpha value is -3.03. The van der Waals surface area contributed by atoms with Gasteiger partial charge in [-0.05, 0) is 83.1 Å². The summed E-state index contributed by atoms with van der Waals surface area (Å²) >= 11 is 0. The van der Waals surface area contributed by atoms with Crippen molar-refractivity contribution >= 4 is 33.4 Å². The van der Waals surface area contributed by atoms with Gasteiger partial charge in [0.2, 0.25) is 0 Å². The molecule has 0 heterocycles. The van der Waals surface area contributed by atoms with Crippen LogP contribution in [0.15, 0.2) is 85.1 Å². The number of hydrogen-bond donors (Lipinski definition) is 4. The Balaban J connectivity index is 4.76. The third-order valence-electron chi connectivity index (χ3n) is 8.22. The van der Waals surface area contributed by atoms with Crippen molar-refractivity contribution in [3.05, 3.63) is 85.1 Å². The standard InChI is InChI=1S/C44H72O14P2/c1-3-5-7-8-9-10-11-12-13-14-17-20-23-26-30-34-43(47)54-38-42(39-57-60(52,53)56-37-41(46)36-55-59(49,50)51)58-44(48)35-31-27-24-21-18-15-16-19-22-25-29-33-40(45)32-28-6-4-2/h9-10,12-13,15-17,20-22,24-25,29,33,41-42,46H,3-8,11,14,18-19,23,26-28,30-32,34-39H2,1-2H3,(H,52,53)(H2,49,50,51)/b10-9-,13-12-,16-15-,20-17-,24-21-,25-22-,33-29+/t41-,42+/m0/s1. The average Bonchev–Trinajstić information content (AvgIpc) is 3.20. The van der Waals surface area contributed by atoms with Crippen molar-refractivity contribution in [2.45, 2.75) is 148 Å². The zero-order valence-corrected chi connectivity index (χ0v) is 37.6. The Labute approximate surface area is 358 Å². The molecule has 0 aliphatic rings. The van der Waals surface area contributed by atoms with E-state index in [1.807, 2.05) is 36.5 Å². The van der Waals surface area contributed by atoms with E-state index in [4.69, 9.17) is 23.8 Å². The second-order valence-electron chi connectivity index (χ2n) is 13.9.